The van der Waals surface area contributed by atoms with Crippen molar-refractivity contribution in [2.75, 3.05) is 4.90 Å². The number of para-hydroxylation sites is 1. The van der Waals surface area contributed by atoms with Crippen LogP contribution in [0.5, 0.6) is 0 Å². The van der Waals surface area contributed by atoms with Gasteiger partial charge in [-0.1, -0.05) is 18.2 Å². The number of rotatable bonds is 1. The van der Waals surface area contributed by atoms with Crippen molar-refractivity contribution in [1.82, 2.24) is 0 Å². The van der Waals surface area contributed by atoms with E-state index >= 15 is 0 Å². The maximum atomic E-state index is 11.8. The molecule has 1 amide bonds. The summed E-state index contributed by atoms with van der Waals surface area (Å²) in [6, 6.07) is 8.63. The Morgan fingerprint density at radius 2 is 2.00 bits per heavy atom. The molecule has 1 saturated carbocycles. The molecule has 2 heterocycles. The predicted octanol–water partition coefficient (Wildman–Crippen LogP) is 2.12. The van der Waals surface area contributed by atoms with E-state index in [1.54, 1.807) is 0 Å². The van der Waals surface area contributed by atoms with Gasteiger partial charge in [0.2, 0.25) is 5.91 Å². The minimum absolute atomic E-state index is 0.333. The summed E-state index contributed by atoms with van der Waals surface area (Å²) in [5.41, 5.74) is 2.32. The Balaban J connectivity index is 2.04. The SMILES string of the molecule is Cc1ccccc1N1C(=O)C2CC1C2. The lowest BCUT2D eigenvalue weighted by Gasteiger charge is -2.26. The van der Waals surface area contributed by atoms with Gasteiger partial charge in [-0.25, -0.2) is 0 Å². The van der Waals surface area contributed by atoms with Gasteiger partial charge in [-0.2, -0.15) is 0 Å². The molecule has 1 aromatic rings. The van der Waals surface area contributed by atoms with Crippen molar-refractivity contribution in [3.8, 4) is 0 Å². The Bertz CT molecular complexity index is 393. The Kier molecular flexibility index (Phi) is 1.49. The van der Waals surface area contributed by atoms with E-state index in [1.807, 2.05) is 23.1 Å². The molecule has 0 atom stereocenters. The molecule has 14 heavy (non-hydrogen) atoms. The van der Waals surface area contributed by atoms with E-state index in [0.29, 0.717) is 17.9 Å². The molecule has 0 N–H and O–H groups in total. The fourth-order valence-corrected chi connectivity index (χ4v) is 2.53. The Hall–Kier alpha value is -1.31. The van der Waals surface area contributed by atoms with Gasteiger partial charge in [-0.3, -0.25) is 4.79 Å². The van der Waals surface area contributed by atoms with E-state index in [1.165, 1.54) is 5.56 Å². The number of carbonyl (C=O) groups is 1. The number of anilines is 1. The maximum Gasteiger partial charge on any atom is 0.230 e. The number of amides is 1. The molecule has 72 valence electrons. The zero-order valence-corrected chi connectivity index (χ0v) is 8.23. The Morgan fingerprint density at radius 1 is 1.29 bits per heavy atom. The third kappa shape index (κ3) is 0.884. The average Bonchev–Trinajstić information content (AvgIpc) is 2.56. The topological polar surface area (TPSA) is 20.3 Å². The molecule has 4 rings (SSSR count). The molecule has 2 bridgehead atoms. The number of hydrogen-bond acceptors (Lipinski definition) is 1. The van der Waals surface area contributed by atoms with Gasteiger partial charge in [0.25, 0.3) is 0 Å². The first-order valence-electron chi connectivity index (χ1n) is 5.16. The minimum Gasteiger partial charge on any atom is -0.309 e. The Morgan fingerprint density at radius 3 is 2.57 bits per heavy atom. The smallest absolute Gasteiger partial charge is 0.230 e. The molecule has 0 aromatic heterocycles. The molecular weight excluding hydrogens is 174 g/mol. The molecule has 3 fully saturated rings. The second kappa shape index (κ2) is 2.59. The zero-order valence-electron chi connectivity index (χ0n) is 8.23. The largest absolute Gasteiger partial charge is 0.309 e. The molecule has 2 heteroatoms. The van der Waals surface area contributed by atoms with Crippen LogP contribution in [0.15, 0.2) is 24.3 Å². The highest BCUT2D eigenvalue weighted by Crippen LogP contribution is 2.44. The molecule has 2 saturated heterocycles. The van der Waals surface area contributed by atoms with Crippen LogP contribution in [0.25, 0.3) is 0 Å². The first-order chi connectivity index (χ1) is 6.77. The van der Waals surface area contributed by atoms with Crippen LogP contribution >= 0.6 is 0 Å². The van der Waals surface area contributed by atoms with E-state index < -0.39 is 0 Å². The third-order valence-corrected chi connectivity index (χ3v) is 3.44. The van der Waals surface area contributed by atoms with Gasteiger partial charge < -0.3 is 4.90 Å². The van der Waals surface area contributed by atoms with E-state index in [4.69, 9.17) is 0 Å². The van der Waals surface area contributed by atoms with Gasteiger partial charge in [-0.05, 0) is 31.4 Å². The van der Waals surface area contributed by atoms with Gasteiger partial charge in [0.15, 0.2) is 0 Å². The van der Waals surface area contributed by atoms with Crippen molar-refractivity contribution in [1.29, 1.82) is 0 Å². The first-order valence-corrected chi connectivity index (χ1v) is 5.16. The summed E-state index contributed by atoms with van der Waals surface area (Å²) >= 11 is 0. The molecule has 1 aromatic carbocycles. The summed E-state index contributed by atoms with van der Waals surface area (Å²) in [7, 11) is 0. The highest BCUT2D eigenvalue weighted by atomic mass is 16.2. The standard InChI is InChI=1S/C12H13NO/c1-8-4-2-3-5-11(8)13-10-6-9(7-10)12(13)14/h2-5,9-10H,6-7H2,1H3. The van der Waals surface area contributed by atoms with Crippen LogP contribution in [-0.2, 0) is 4.79 Å². The highest BCUT2D eigenvalue weighted by molar-refractivity contribution is 6.01. The summed E-state index contributed by atoms with van der Waals surface area (Å²) in [5.74, 6) is 0.670. The summed E-state index contributed by atoms with van der Waals surface area (Å²) in [6.07, 6.45) is 2.15. The fraction of sp³-hybridized carbons (Fsp3) is 0.417. The van der Waals surface area contributed by atoms with Gasteiger partial charge in [0.1, 0.15) is 0 Å². The maximum absolute atomic E-state index is 11.8. The van der Waals surface area contributed by atoms with Crippen LogP contribution in [0.4, 0.5) is 5.69 Å². The number of fused-ring (bicyclic) bond motifs is 1. The second-order valence-electron chi connectivity index (χ2n) is 4.32. The highest BCUT2D eigenvalue weighted by Gasteiger charge is 2.50. The van der Waals surface area contributed by atoms with Crippen LogP contribution < -0.4 is 4.90 Å². The van der Waals surface area contributed by atoms with Crippen LogP contribution in [-0.4, -0.2) is 11.9 Å². The average molecular weight is 187 g/mol. The van der Waals surface area contributed by atoms with Gasteiger partial charge in [0, 0.05) is 17.6 Å². The summed E-state index contributed by atoms with van der Waals surface area (Å²) in [4.78, 5) is 13.8. The van der Waals surface area contributed by atoms with Crippen LogP contribution in [0, 0.1) is 12.8 Å². The first kappa shape index (κ1) is 8.04. The number of benzene rings is 1. The molecule has 0 spiro atoms. The van der Waals surface area contributed by atoms with Crippen LogP contribution in [0.2, 0.25) is 0 Å². The van der Waals surface area contributed by atoms with Crippen molar-refractivity contribution in [2.45, 2.75) is 25.8 Å². The van der Waals surface area contributed by atoms with Gasteiger partial charge in [-0.15, -0.1) is 0 Å². The van der Waals surface area contributed by atoms with Gasteiger partial charge in [0.05, 0.1) is 0 Å². The van der Waals surface area contributed by atoms with Crippen molar-refractivity contribution in [2.24, 2.45) is 5.92 Å². The molecule has 0 radical (unpaired) electrons. The summed E-state index contributed by atoms with van der Waals surface area (Å²) in [5, 5.41) is 0. The molecule has 0 unspecified atom stereocenters. The number of carbonyl (C=O) groups excluding carboxylic acids is 1. The second-order valence-corrected chi connectivity index (χ2v) is 4.32. The Labute approximate surface area is 83.5 Å². The molecule has 3 aliphatic rings. The monoisotopic (exact) mass is 187 g/mol. The predicted molar refractivity (Wildman–Crippen MR) is 55.2 cm³/mol. The van der Waals surface area contributed by atoms with E-state index in [9.17, 15) is 4.79 Å². The lowest BCUT2D eigenvalue weighted by molar-refractivity contribution is -0.119. The van der Waals surface area contributed by atoms with E-state index in [2.05, 4.69) is 13.0 Å². The molecule has 2 aliphatic heterocycles. The van der Waals surface area contributed by atoms with E-state index in [-0.39, 0.29) is 0 Å². The van der Waals surface area contributed by atoms with Crippen molar-refractivity contribution in [3.63, 3.8) is 0 Å². The van der Waals surface area contributed by atoms with Crippen LogP contribution in [0.3, 0.4) is 0 Å². The number of aryl methyl sites for hydroxylation is 1. The fourth-order valence-electron chi connectivity index (χ4n) is 2.53. The van der Waals surface area contributed by atoms with Crippen molar-refractivity contribution >= 4 is 11.6 Å². The van der Waals surface area contributed by atoms with Crippen molar-refractivity contribution in [3.05, 3.63) is 29.8 Å². The number of nitrogens with zero attached hydrogens (tertiary/aromatic N) is 1. The molecular formula is C12H13NO. The molecule has 2 nitrogen and oxygen atoms in total. The van der Waals surface area contributed by atoms with E-state index in [0.717, 1.165) is 18.5 Å². The zero-order chi connectivity index (χ0) is 9.71. The lowest BCUT2D eigenvalue weighted by atomic mass is 9.86. The minimum atomic E-state index is 0.333. The summed E-state index contributed by atoms with van der Waals surface area (Å²) < 4.78 is 0. The lowest BCUT2D eigenvalue weighted by Crippen LogP contribution is -2.30. The van der Waals surface area contributed by atoms with Crippen LogP contribution in [0.1, 0.15) is 18.4 Å². The third-order valence-electron chi connectivity index (χ3n) is 3.44. The van der Waals surface area contributed by atoms with Gasteiger partial charge >= 0.3 is 0 Å². The normalized spacial score (nSPS) is 29.2. The van der Waals surface area contributed by atoms with Crippen molar-refractivity contribution < 1.29 is 4.79 Å². The summed E-state index contributed by atoms with van der Waals surface area (Å²) in [6.45, 7) is 2.07. The molecule has 1 aliphatic carbocycles. The quantitative estimate of drug-likeness (QED) is 0.659. The number of hydrogen-bond donors (Lipinski definition) is 0.